The number of anilines is 2. The largest absolute Gasteiger partial charge is 0.444 e. The van der Waals surface area contributed by atoms with Crippen LogP contribution in [0, 0.1) is 0 Å². The van der Waals surface area contributed by atoms with Crippen molar-refractivity contribution >= 4 is 29.4 Å². The Morgan fingerprint density at radius 3 is 2.53 bits per heavy atom. The molecule has 34 heavy (non-hydrogen) atoms. The molecule has 10 heteroatoms. The second-order valence-electron chi connectivity index (χ2n) is 9.53. The molecular formula is C24H29N5O5. The Morgan fingerprint density at radius 1 is 1.15 bits per heavy atom. The molecule has 0 radical (unpaired) electrons. The number of carbonyl (C=O) groups is 3. The molecule has 1 fully saturated rings. The fourth-order valence-corrected chi connectivity index (χ4v) is 4.28. The third kappa shape index (κ3) is 4.61. The zero-order valence-electron chi connectivity index (χ0n) is 19.5. The van der Waals surface area contributed by atoms with E-state index in [1.54, 1.807) is 29.2 Å². The second-order valence-corrected chi connectivity index (χ2v) is 9.53. The number of ether oxygens (including phenoxy) is 1. The predicted octanol–water partition coefficient (Wildman–Crippen LogP) is 2.50. The van der Waals surface area contributed by atoms with Crippen LogP contribution in [0.5, 0.6) is 0 Å². The van der Waals surface area contributed by atoms with Gasteiger partial charge in [0.25, 0.3) is 17.4 Å². The topological polar surface area (TPSA) is 136 Å². The van der Waals surface area contributed by atoms with Gasteiger partial charge in [0, 0.05) is 24.8 Å². The molecule has 3 amide bonds. The molecule has 0 bridgehead atoms. The summed E-state index contributed by atoms with van der Waals surface area (Å²) >= 11 is 0. The number of piperidine rings is 1. The molecule has 0 saturated carbocycles. The summed E-state index contributed by atoms with van der Waals surface area (Å²) in [6.45, 7) is 6.78. The molecule has 2 aromatic rings. The van der Waals surface area contributed by atoms with Crippen LogP contribution in [0.3, 0.4) is 0 Å². The van der Waals surface area contributed by atoms with Crippen LogP contribution in [-0.4, -0.2) is 52.1 Å². The van der Waals surface area contributed by atoms with E-state index in [4.69, 9.17) is 10.5 Å². The number of amides is 3. The summed E-state index contributed by atoms with van der Waals surface area (Å²) in [6, 6.07) is 8.11. The van der Waals surface area contributed by atoms with Crippen molar-refractivity contribution in [3.63, 3.8) is 0 Å². The molecule has 2 aliphatic rings. The van der Waals surface area contributed by atoms with Gasteiger partial charge in [0.05, 0.1) is 22.9 Å². The fourth-order valence-electron chi connectivity index (χ4n) is 4.28. The molecule has 1 aromatic heterocycles. The van der Waals surface area contributed by atoms with Crippen molar-refractivity contribution in [3.05, 3.63) is 51.8 Å². The summed E-state index contributed by atoms with van der Waals surface area (Å²) in [6.07, 6.45) is 2.57. The van der Waals surface area contributed by atoms with Crippen molar-refractivity contribution < 1.29 is 19.1 Å². The van der Waals surface area contributed by atoms with Crippen LogP contribution in [0.15, 0.2) is 35.1 Å². The summed E-state index contributed by atoms with van der Waals surface area (Å²) in [4.78, 5) is 50.9. The maximum absolute atomic E-state index is 12.6. The Kier molecular flexibility index (Phi) is 6.07. The Balaban J connectivity index is 1.48. The average Bonchev–Trinajstić information content (AvgIpc) is 3.05. The van der Waals surface area contributed by atoms with Gasteiger partial charge in [0.15, 0.2) is 0 Å². The first kappa shape index (κ1) is 23.3. The van der Waals surface area contributed by atoms with Crippen LogP contribution in [0.1, 0.15) is 60.7 Å². The first-order valence-electron chi connectivity index (χ1n) is 11.3. The van der Waals surface area contributed by atoms with E-state index >= 15 is 0 Å². The molecule has 0 aliphatic carbocycles. The highest BCUT2D eigenvalue weighted by molar-refractivity contribution is 6.23. The molecule has 0 spiro atoms. The molecule has 10 nitrogen and oxygen atoms in total. The van der Waals surface area contributed by atoms with Gasteiger partial charge in [-0.1, -0.05) is 0 Å². The number of benzene rings is 1. The highest BCUT2D eigenvalue weighted by Gasteiger charge is 2.32. The van der Waals surface area contributed by atoms with Gasteiger partial charge in [-0.2, -0.15) is 0 Å². The van der Waals surface area contributed by atoms with Crippen LogP contribution < -0.4 is 21.9 Å². The summed E-state index contributed by atoms with van der Waals surface area (Å²) in [5.41, 5.74) is 6.31. The Morgan fingerprint density at radius 2 is 1.85 bits per heavy atom. The highest BCUT2D eigenvalue weighted by atomic mass is 16.6. The number of nitrogens with zero attached hydrogens (tertiary/aromatic N) is 2. The summed E-state index contributed by atoms with van der Waals surface area (Å²) in [7, 11) is 0. The minimum Gasteiger partial charge on any atom is -0.444 e. The van der Waals surface area contributed by atoms with E-state index in [0.717, 1.165) is 31.0 Å². The molecule has 1 aromatic carbocycles. The van der Waals surface area contributed by atoms with E-state index in [0.29, 0.717) is 18.8 Å². The van der Waals surface area contributed by atoms with Gasteiger partial charge in [-0.25, -0.2) is 4.79 Å². The van der Waals surface area contributed by atoms with Gasteiger partial charge in [0.2, 0.25) is 0 Å². The number of nitrogen functional groups attached to an aromatic ring is 1. The van der Waals surface area contributed by atoms with Gasteiger partial charge in [-0.15, -0.1) is 0 Å². The van der Waals surface area contributed by atoms with Gasteiger partial charge >= 0.3 is 6.09 Å². The summed E-state index contributed by atoms with van der Waals surface area (Å²) in [5.74, 6) is -1.33. The monoisotopic (exact) mass is 467 g/mol. The average molecular weight is 468 g/mol. The minimum atomic E-state index is -0.626. The quantitative estimate of drug-likeness (QED) is 0.588. The van der Waals surface area contributed by atoms with Gasteiger partial charge in [-0.05, 0) is 64.3 Å². The smallest absolute Gasteiger partial charge is 0.410 e. The molecule has 180 valence electrons. The lowest BCUT2D eigenvalue weighted by Gasteiger charge is -2.37. The Labute approximate surface area is 197 Å². The van der Waals surface area contributed by atoms with E-state index in [2.05, 4.69) is 10.6 Å². The normalized spacial score (nSPS) is 17.9. The molecule has 1 unspecified atom stereocenters. The number of hydrogen-bond acceptors (Lipinski definition) is 7. The van der Waals surface area contributed by atoms with Crippen molar-refractivity contribution in [2.45, 2.75) is 51.7 Å². The molecule has 2 aliphatic heterocycles. The first-order chi connectivity index (χ1) is 16.0. The van der Waals surface area contributed by atoms with Crippen LogP contribution in [0.25, 0.3) is 5.69 Å². The van der Waals surface area contributed by atoms with Crippen LogP contribution in [-0.2, 0) is 4.74 Å². The number of rotatable bonds is 4. The lowest BCUT2D eigenvalue weighted by Crippen LogP contribution is -2.48. The summed E-state index contributed by atoms with van der Waals surface area (Å²) in [5, 5.41) is 5.50. The number of imide groups is 1. The van der Waals surface area contributed by atoms with E-state index in [-0.39, 0.29) is 29.1 Å². The number of carbonyl (C=O) groups excluding carboxylic acids is 3. The standard InChI is InChI=1S/C24H29N5O5/c1-24(2,3)34-23(33)28-11-5-4-6-16(28)13-26-14-7-9-15(10-8-14)29-18(30)12-17-19(20(29)25)22(32)27-21(17)31/h7-10,12,16,26H,4-6,11,13,25H2,1-3H3,(H,27,31,32). The SMILES string of the molecule is CC(C)(C)OC(=O)N1CCCCC1CNc1ccc(-n2c(N)c3c(cc2=O)C(=O)NC3=O)cc1. The number of nitrogens with two attached hydrogens (primary N) is 1. The van der Waals surface area contributed by atoms with E-state index in [1.807, 2.05) is 20.8 Å². The zero-order valence-corrected chi connectivity index (χ0v) is 19.5. The van der Waals surface area contributed by atoms with Crippen molar-refractivity contribution in [1.29, 1.82) is 0 Å². The number of likely N-dealkylation sites (tertiary alicyclic amines) is 1. The molecular weight excluding hydrogens is 438 g/mol. The number of hydrogen-bond donors (Lipinski definition) is 3. The van der Waals surface area contributed by atoms with Crippen molar-refractivity contribution in [1.82, 2.24) is 14.8 Å². The van der Waals surface area contributed by atoms with E-state index in [1.165, 1.54) is 4.57 Å². The van der Waals surface area contributed by atoms with Crippen LogP contribution in [0.2, 0.25) is 0 Å². The Bertz CT molecular complexity index is 1200. The van der Waals surface area contributed by atoms with Crippen molar-refractivity contribution in [3.8, 4) is 5.69 Å². The maximum atomic E-state index is 12.6. The van der Waals surface area contributed by atoms with Crippen LogP contribution in [0.4, 0.5) is 16.3 Å². The van der Waals surface area contributed by atoms with Crippen LogP contribution >= 0.6 is 0 Å². The van der Waals surface area contributed by atoms with E-state index < -0.39 is 23.0 Å². The van der Waals surface area contributed by atoms with Gasteiger partial charge < -0.3 is 20.7 Å². The lowest BCUT2D eigenvalue weighted by molar-refractivity contribution is 0.0114. The zero-order chi connectivity index (χ0) is 24.6. The van der Waals surface area contributed by atoms with Gasteiger partial charge in [-0.3, -0.25) is 24.3 Å². The first-order valence-corrected chi connectivity index (χ1v) is 11.3. The molecule has 4 rings (SSSR count). The molecule has 3 heterocycles. The number of nitrogens with one attached hydrogen (secondary N) is 2. The van der Waals surface area contributed by atoms with Gasteiger partial charge in [0.1, 0.15) is 11.4 Å². The maximum Gasteiger partial charge on any atom is 0.410 e. The third-order valence-electron chi connectivity index (χ3n) is 5.88. The fraction of sp³-hybridized carbons (Fsp3) is 0.417. The summed E-state index contributed by atoms with van der Waals surface area (Å²) < 4.78 is 6.76. The van der Waals surface area contributed by atoms with E-state index in [9.17, 15) is 19.2 Å². The van der Waals surface area contributed by atoms with Crippen molar-refractivity contribution in [2.24, 2.45) is 0 Å². The number of pyridine rings is 1. The minimum absolute atomic E-state index is 0.00587. The second kappa shape index (κ2) is 8.85. The molecule has 4 N–H and O–H groups in total. The third-order valence-corrected chi connectivity index (χ3v) is 5.88. The number of aromatic nitrogens is 1. The molecule has 1 saturated heterocycles. The highest BCUT2D eigenvalue weighted by Crippen LogP contribution is 2.24. The molecule has 1 atom stereocenters. The number of fused-ring (bicyclic) bond motifs is 1. The van der Waals surface area contributed by atoms with Crippen molar-refractivity contribution in [2.75, 3.05) is 24.1 Å². The predicted molar refractivity (Wildman–Crippen MR) is 127 cm³/mol. The Hall–Kier alpha value is -3.82. The lowest BCUT2D eigenvalue weighted by atomic mass is 10.0.